The van der Waals surface area contributed by atoms with Gasteiger partial charge >= 0.3 is 11.7 Å². The fraction of sp³-hybridized carbons (Fsp3) is 0.0625. The van der Waals surface area contributed by atoms with Gasteiger partial charge in [-0.25, -0.2) is 19.3 Å². The zero-order valence-electron chi connectivity index (χ0n) is 11.6. The molecule has 3 rings (SSSR count). The molecule has 0 radical (unpaired) electrons. The lowest BCUT2D eigenvalue weighted by Gasteiger charge is -2.06. The standard InChI is InChI=1S/C16H13N3O3/c20-15(21)12-6-8-13(9-7-12)19-14(17-18-16(19)22)10-11-4-2-1-3-5-11/h1-9H,10H2,(H,18,22)(H,20,21). The van der Waals surface area contributed by atoms with E-state index in [0.29, 0.717) is 17.9 Å². The second kappa shape index (κ2) is 5.69. The Kier molecular flexibility index (Phi) is 3.57. The molecule has 0 unspecified atom stereocenters. The second-order valence-electron chi connectivity index (χ2n) is 4.79. The Bertz CT molecular complexity index is 848. The highest BCUT2D eigenvalue weighted by Gasteiger charge is 2.11. The van der Waals surface area contributed by atoms with E-state index < -0.39 is 5.97 Å². The quantitative estimate of drug-likeness (QED) is 0.769. The molecule has 0 aliphatic carbocycles. The summed E-state index contributed by atoms with van der Waals surface area (Å²) in [6.07, 6.45) is 0.500. The molecule has 2 N–H and O–H groups in total. The topological polar surface area (TPSA) is 88.0 Å². The maximum absolute atomic E-state index is 12.0. The van der Waals surface area contributed by atoms with Crippen molar-refractivity contribution < 1.29 is 9.90 Å². The van der Waals surface area contributed by atoms with Crippen molar-refractivity contribution in [2.45, 2.75) is 6.42 Å². The minimum absolute atomic E-state index is 0.171. The van der Waals surface area contributed by atoms with Gasteiger partial charge in [0.1, 0.15) is 5.82 Å². The van der Waals surface area contributed by atoms with Crippen LogP contribution in [0.2, 0.25) is 0 Å². The predicted molar refractivity (Wildman–Crippen MR) is 80.4 cm³/mol. The van der Waals surface area contributed by atoms with Gasteiger partial charge in [0.2, 0.25) is 0 Å². The number of hydrogen-bond acceptors (Lipinski definition) is 3. The van der Waals surface area contributed by atoms with E-state index in [2.05, 4.69) is 10.2 Å². The summed E-state index contributed by atoms with van der Waals surface area (Å²) in [5, 5.41) is 15.4. The molecule has 0 aliphatic heterocycles. The Morgan fingerprint density at radius 1 is 1.09 bits per heavy atom. The SMILES string of the molecule is O=C(O)c1ccc(-n2c(Cc3ccccc3)n[nH]c2=O)cc1. The number of aromatic nitrogens is 3. The summed E-state index contributed by atoms with van der Waals surface area (Å²) in [5.74, 6) is -0.435. The maximum atomic E-state index is 12.0. The molecule has 0 bridgehead atoms. The van der Waals surface area contributed by atoms with Gasteiger partial charge < -0.3 is 5.11 Å². The van der Waals surface area contributed by atoms with E-state index in [4.69, 9.17) is 5.11 Å². The summed E-state index contributed by atoms with van der Waals surface area (Å²) in [5.41, 5.74) is 1.43. The minimum atomic E-state index is -1.00. The molecule has 2 aromatic carbocycles. The van der Waals surface area contributed by atoms with Crippen LogP contribution in [0.1, 0.15) is 21.7 Å². The molecule has 6 heteroatoms. The van der Waals surface area contributed by atoms with Crippen LogP contribution in [-0.2, 0) is 6.42 Å². The lowest BCUT2D eigenvalue weighted by Crippen LogP contribution is -2.17. The number of aromatic carboxylic acids is 1. The van der Waals surface area contributed by atoms with E-state index in [1.165, 1.54) is 16.7 Å². The van der Waals surface area contributed by atoms with Crippen molar-refractivity contribution in [3.8, 4) is 5.69 Å². The summed E-state index contributed by atoms with van der Waals surface area (Å²) in [7, 11) is 0. The Balaban J connectivity index is 1.99. The zero-order chi connectivity index (χ0) is 15.5. The fourth-order valence-corrected chi connectivity index (χ4v) is 2.25. The van der Waals surface area contributed by atoms with Gasteiger partial charge in [-0.3, -0.25) is 0 Å². The number of nitrogens with one attached hydrogen (secondary N) is 1. The molecule has 0 atom stereocenters. The first kappa shape index (κ1) is 13.8. The Hall–Kier alpha value is -3.15. The maximum Gasteiger partial charge on any atom is 0.347 e. The van der Waals surface area contributed by atoms with Crippen molar-refractivity contribution in [1.82, 2.24) is 14.8 Å². The van der Waals surface area contributed by atoms with Gasteiger partial charge in [0.15, 0.2) is 0 Å². The van der Waals surface area contributed by atoms with Crippen LogP contribution in [0.15, 0.2) is 59.4 Å². The molecule has 0 saturated heterocycles. The minimum Gasteiger partial charge on any atom is -0.478 e. The molecule has 22 heavy (non-hydrogen) atoms. The van der Waals surface area contributed by atoms with Crippen molar-refractivity contribution in [3.63, 3.8) is 0 Å². The first-order valence-electron chi connectivity index (χ1n) is 6.69. The second-order valence-corrected chi connectivity index (χ2v) is 4.79. The highest BCUT2D eigenvalue weighted by Crippen LogP contribution is 2.12. The van der Waals surface area contributed by atoms with Crippen LogP contribution in [0.3, 0.4) is 0 Å². The number of rotatable bonds is 4. The molecule has 0 amide bonds. The number of nitrogens with zero attached hydrogens (tertiary/aromatic N) is 2. The molecule has 6 nitrogen and oxygen atoms in total. The van der Waals surface area contributed by atoms with E-state index in [0.717, 1.165) is 5.56 Å². The van der Waals surface area contributed by atoms with E-state index >= 15 is 0 Å². The van der Waals surface area contributed by atoms with Gasteiger partial charge in [0.05, 0.1) is 11.3 Å². The summed E-state index contributed by atoms with van der Waals surface area (Å²) in [4.78, 5) is 22.9. The predicted octanol–water partition coefficient (Wildman–Crippen LogP) is 1.85. The van der Waals surface area contributed by atoms with Gasteiger partial charge in [-0.15, -0.1) is 0 Å². The summed E-state index contributed by atoms with van der Waals surface area (Å²) >= 11 is 0. The van der Waals surface area contributed by atoms with Crippen molar-refractivity contribution in [2.24, 2.45) is 0 Å². The Labute approximate surface area is 125 Å². The van der Waals surface area contributed by atoms with Crippen molar-refractivity contribution in [3.05, 3.63) is 82.0 Å². The first-order valence-corrected chi connectivity index (χ1v) is 6.69. The van der Waals surface area contributed by atoms with Crippen LogP contribution in [-0.4, -0.2) is 25.8 Å². The Morgan fingerprint density at radius 3 is 2.41 bits per heavy atom. The zero-order valence-corrected chi connectivity index (χ0v) is 11.6. The van der Waals surface area contributed by atoms with Gasteiger partial charge in [0.25, 0.3) is 0 Å². The number of hydrogen-bond donors (Lipinski definition) is 2. The number of carboxylic acids is 1. The molecule has 1 aromatic heterocycles. The van der Waals surface area contributed by atoms with Gasteiger partial charge in [-0.05, 0) is 29.8 Å². The van der Waals surface area contributed by atoms with Crippen LogP contribution in [0.5, 0.6) is 0 Å². The molecule has 3 aromatic rings. The average Bonchev–Trinajstić information content (AvgIpc) is 2.89. The van der Waals surface area contributed by atoms with Crippen molar-refractivity contribution in [2.75, 3.05) is 0 Å². The number of H-pyrrole nitrogens is 1. The third kappa shape index (κ3) is 2.67. The lowest BCUT2D eigenvalue weighted by atomic mass is 10.1. The molecule has 0 aliphatic rings. The van der Waals surface area contributed by atoms with Crippen LogP contribution in [0.25, 0.3) is 5.69 Å². The molecular weight excluding hydrogens is 282 g/mol. The van der Waals surface area contributed by atoms with Crippen LogP contribution in [0.4, 0.5) is 0 Å². The largest absolute Gasteiger partial charge is 0.478 e. The van der Waals surface area contributed by atoms with Gasteiger partial charge in [0, 0.05) is 6.42 Å². The first-order chi connectivity index (χ1) is 10.6. The molecule has 0 fully saturated rings. The number of benzene rings is 2. The molecule has 1 heterocycles. The third-order valence-corrected chi connectivity index (χ3v) is 3.32. The van der Waals surface area contributed by atoms with E-state index in [-0.39, 0.29) is 11.3 Å². The molecule has 110 valence electrons. The highest BCUT2D eigenvalue weighted by atomic mass is 16.4. The van der Waals surface area contributed by atoms with Crippen molar-refractivity contribution in [1.29, 1.82) is 0 Å². The van der Waals surface area contributed by atoms with E-state index in [9.17, 15) is 9.59 Å². The monoisotopic (exact) mass is 295 g/mol. The number of aromatic amines is 1. The average molecular weight is 295 g/mol. The molecule has 0 saturated carbocycles. The summed E-state index contributed by atoms with van der Waals surface area (Å²) < 4.78 is 1.44. The summed E-state index contributed by atoms with van der Waals surface area (Å²) in [6, 6.07) is 15.8. The van der Waals surface area contributed by atoms with E-state index in [1.807, 2.05) is 30.3 Å². The number of carbonyl (C=O) groups is 1. The fourth-order valence-electron chi connectivity index (χ4n) is 2.25. The number of carboxylic acid groups (broad SMARTS) is 1. The van der Waals surface area contributed by atoms with Crippen LogP contribution in [0, 0.1) is 0 Å². The highest BCUT2D eigenvalue weighted by molar-refractivity contribution is 5.87. The smallest absolute Gasteiger partial charge is 0.347 e. The lowest BCUT2D eigenvalue weighted by molar-refractivity contribution is 0.0697. The van der Waals surface area contributed by atoms with Crippen LogP contribution < -0.4 is 5.69 Å². The summed E-state index contributed by atoms with van der Waals surface area (Å²) in [6.45, 7) is 0. The van der Waals surface area contributed by atoms with Crippen LogP contribution >= 0.6 is 0 Å². The van der Waals surface area contributed by atoms with Crippen molar-refractivity contribution >= 4 is 5.97 Å². The van der Waals surface area contributed by atoms with Gasteiger partial charge in [-0.1, -0.05) is 30.3 Å². The normalized spacial score (nSPS) is 10.5. The Morgan fingerprint density at radius 2 is 1.77 bits per heavy atom. The van der Waals surface area contributed by atoms with Gasteiger partial charge in [-0.2, -0.15) is 5.10 Å². The molecule has 0 spiro atoms. The molecular formula is C16H13N3O3. The van der Waals surface area contributed by atoms with E-state index in [1.54, 1.807) is 12.1 Å². The third-order valence-electron chi connectivity index (χ3n) is 3.32.